The molecule has 10 nitrogen and oxygen atoms in total. The molecule has 2 amide bonds. The normalized spacial score (nSPS) is 10.3. The Balaban J connectivity index is 1.76. The molecule has 30 heavy (non-hydrogen) atoms. The summed E-state index contributed by atoms with van der Waals surface area (Å²) in [5.41, 5.74) is 7.53. The summed E-state index contributed by atoms with van der Waals surface area (Å²) in [5, 5.41) is 4.29. The topological polar surface area (TPSA) is 121 Å². The van der Waals surface area contributed by atoms with E-state index in [-0.39, 0.29) is 12.0 Å². The van der Waals surface area contributed by atoms with Gasteiger partial charge in [0.25, 0.3) is 11.8 Å². The number of hydrazine groups is 1. The molecule has 2 aromatic rings. The van der Waals surface area contributed by atoms with Crippen LogP contribution in [0.1, 0.15) is 33.7 Å². The first-order valence-electron chi connectivity index (χ1n) is 9.22. The van der Waals surface area contributed by atoms with Crippen molar-refractivity contribution in [1.29, 1.82) is 0 Å². The van der Waals surface area contributed by atoms with E-state index >= 15 is 0 Å². The molecule has 0 atom stereocenters. The van der Waals surface area contributed by atoms with E-state index < -0.39 is 24.4 Å². The summed E-state index contributed by atoms with van der Waals surface area (Å²) >= 11 is 0. The molecule has 2 rings (SSSR count). The third-order valence-corrected chi connectivity index (χ3v) is 4.56. The molecule has 0 radical (unpaired) electrons. The number of benzene rings is 1. The second-order valence-corrected chi connectivity index (χ2v) is 6.51. The molecule has 10 heteroatoms. The van der Waals surface area contributed by atoms with Crippen LogP contribution in [0.3, 0.4) is 0 Å². The van der Waals surface area contributed by atoms with Crippen molar-refractivity contribution in [2.24, 2.45) is 7.05 Å². The fourth-order valence-electron chi connectivity index (χ4n) is 2.84. The molecule has 1 heterocycles. The van der Waals surface area contributed by atoms with Crippen molar-refractivity contribution in [1.82, 2.24) is 20.6 Å². The zero-order valence-corrected chi connectivity index (χ0v) is 17.7. The van der Waals surface area contributed by atoms with E-state index in [4.69, 9.17) is 14.2 Å². The number of carbonyl (C=O) groups excluding carboxylic acids is 3. The minimum atomic E-state index is -0.661. The lowest BCUT2D eigenvalue weighted by Gasteiger charge is -2.11. The molecule has 0 aliphatic carbocycles. The van der Waals surface area contributed by atoms with Crippen molar-refractivity contribution in [3.8, 4) is 11.5 Å². The summed E-state index contributed by atoms with van der Waals surface area (Å²) in [7, 11) is 4.77. The minimum Gasteiger partial charge on any atom is -0.493 e. The molecule has 1 aromatic carbocycles. The van der Waals surface area contributed by atoms with E-state index in [1.54, 1.807) is 10.7 Å². The standard InChI is InChI=1S/C20H26N4O6/c1-12-15(13(2)24(3)23-12)7-9-19(26)30-11-18(25)21-22-20(27)14-6-8-16(28-4)17(10-14)29-5/h6,8,10H,7,9,11H2,1-5H3,(H,21,25)(H,22,27). The Labute approximate surface area is 174 Å². The Morgan fingerprint density at radius 3 is 2.37 bits per heavy atom. The van der Waals surface area contributed by atoms with Crippen LogP contribution in [0.2, 0.25) is 0 Å². The molecule has 0 saturated carbocycles. The predicted molar refractivity (Wildman–Crippen MR) is 107 cm³/mol. The molecule has 0 aliphatic heterocycles. The molecular weight excluding hydrogens is 392 g/mol. The van der Waals surface area contributed by atoms with Crippen LogP contribution < -0.4 is 20.3 Å². The highest BCUT2D eigenvalue weighted by Gasteiger charge is 2.14. The van der Waals surface area contributed by atoms with Gasteiger partial charge in [0.1, 0.15) is 0 Å². The van der Waals surface area contributed by atoms with E-state index in [9.17, 15) is 14.4 Å². The number of hydrogen-bond donors (Lipinski definition) is 2. The zero-order chi connectivity index (χ0) is 22.3. The zero-order valence-electron chi connectivity index (χ0n) is 17.7. The fourth-order valence-corrected chi connectivity index (χ4v) is 2.84. The largest absolute Gasteiger partial charge is 0.493 e. The number of nitrogens with zero attached hydrogens (tertiary/aromatic N) is 2. The summed E-state index contributed by atoms with van der Waals surface area (Å²) < 4.78 is 16.9. The SMILES string of the molecule is COc1ccc(C(=O)NNC(=O)COC(=O)CCc2c(C)nn(C)c2C)cc1OC. The van der Waals surface area contributed by atoms with Gasteiger partial charge >= 0.3 is 5.97 Å². The third kappa shape index (κ3) is 5.72. The van der Waals surface area contributed by atoms with Crippen LogP contribution in [0.25, 0.3) is 0 Å². The van der Waals surface area contributed by atoms with Gasteiger partial charge < -0.3 is 14.2 Å². The van der Waals surface area contributed by atoms with Crippen LogP contribution in [0.15, 0.2) is 18.2 Å². The predicted octanol–water partition coefficient (Wildman–Crippen LogP) is 0.991. The molecular formula is C20H26N4O6. The molecule has 0 aliphatic rings. The van der Waals surface area contributed by atoms with Crippen molar-refractivity contribution < 1.29 is 28.6 Å². The second kappa shape index (κ2) is 10.3. The summed E-state index contributed by atoms with van der Waals surface area (Å²) in [5.74, 6) is -0.880. The Morgan fingerprint density at radius 1 is 1.07 bits per heavy atom. The van der Waals surface area contributed by atoms with Gasteiger partial charge in [-0.3, -0.25) is 29.9 Å². The van der Waals surface area contributed by atoms with Gasteiger partial charge in [-0.05, 0) is 44.0 Å². The van der Waals surface area contributed by atoms with E-state index in [0.717, 1.165) is 17.0 Å². The van der Waals surface area contributed by atoms with Crippen LogP contribution in [0.5, 0.6) is 11.5 Å². The number of amides is 2. The summed E-state index contributed by atoms with van der Waals surface area (Å²) in [6, 6.07) is 4.57. The van der Waals surface area contributed by atoms with Crippen LogP contribution >= 0.6 is 0 Å². The molecule has 0 saturated heterocycles. The highest BCUT2D eigenvalue weighted by atomic mass is 16.5. The lowest BCUT2D eigenvalue weighted by molar-refractivity contribution is -0.148. The van der Waals surface area contributed by atoms with E-state index in [1.165, 1.54) is 26.4 Å². The number of carbonyl (C=O) groups is 3. The third-order valence-electron chi connectivity index (χ3n) is 4.56. The van der Waals surface area contributed by atoms with Gasteiger partial charge in [0.05, 0.1) is 19.9 Å². The summed E-state index contributed by atoms with van der Waals surface area (Å²) in [6.45, 7) is 3.30. The van der Waals surface area contributed by atoms with Crippen LogP contribution in [-0.4, -0.2) is 48.4 Å². The Hall–Kier alpha value is -3.56. The van der Waals surface area contributed by atoms with Gasteiger partial charge in [-0.1, -0.05) is 0 Å². The van der Waals surface area contributed by atoms with E-state index in [0.29, 0.717) is 17.9 Å². The van der Waals surface area contributed by atoms with Crippen LogP contribution in [-0.2, 0) is 27.8 Å². The number of nitrogens with one attached hydrogen (secondary N) is 2. The van der Waals surface area contributed by atoms with Gasteiger partial charge in [0.15, 0.2) is 18.1 Å². The first-order chi connectivity index (χ1) is 14.3. The molecule has 2 N–H and O–H groups in total. The van der Waals surface area contributed by atoms with Crippen molar-refractivity contribution in [2.75, 3.05) is 20.8 Å². The van der Waals surface area contributed by atoms with Gasteiger partial charge in [-0.25, -0.2) is 0 Å². The first-order valence-corrected chi connectivity index (χ1v) is 9.22. The number of ether oxygens (including phenoxy) is 3. The summed E-state index contributed by atoms with van der Waals surface area (Å²) in [4.78, 5) is 35.9. The van der Waals surface area contributed by atoms with Gasteiger partial charge in [-0.15, -0.1) is 0 Å². The monoisotopic (exact) mass is 418 g/mol. The summed E-state index contributed by atoms with van der Waals surface area (Å²) in [6.07, 6.45) is 0.598. The number of methoxy groups -OCH3 is 2. The fraction of sp³-hybridized carbons (Fsp3) is 0.400. The minimum absolute atomic E-state index is 0.124. The van der Waals surface area contributed by atoms with Crippen LogP contribution in [0, 0.1) is 13.8 Å². The maximum atomic E-state index is 12.1. The molecule has 0 bridgehead atoms. The number of aromatic nitrogens is 2. The number of aryl methyl sites for hydroxylation is 2. The Kier molecular flexibility index (Phi) is 7.79. The van der Waals surface area contributed by atoms with Crippen molar-refractivity contribution in [2.45, 2.75) is 26.7 Å². The number of esters is 1. The highest BCUT2D eigenvalue weighted by molar-refractivity contribution is 5.96. The molecule has 0 spiro atoms. The van der Waals surface area contributed by atoms with Crippen LogP contribution in [0.4, 0.5) is 0 Å². The molecule has 162 valence electrons. The first kappa shape index (κ1) is 22.7. The molecule has 1 aromatic heterocycles. The van der Waals surface area contributed by atoms with Crippen molar-refractivity contribution >= 4 is 17.8 Å². The number of rotatable bonds is 8. The molecule has 0 fully saturated rings. The van der Waals surface area contributed by atoms with E-state index in [1.807, 2.05) is 20.9 Å². The maximum absolute atomic E-state index is 12.1. The second-order valence-electron chi connectivity index (χ2n) is 6.51. The van der Waals surface area contributed by atoms with Gasteiger partial charge in [0.2, 0.25) is 0 Å². The number of hydrogen-bond acceptors (Lipinski definition) is 7. The lowest BCUT2D eigenvalue weighted by atomic mass is 10.1. The smallest absolute Gasteiger partial charge is 0.306 e. The highest BCUT2D eigenvalue weighted by Crippen LogP contribution is 2.27. The maximum Gasteiger partial charge on any atom is 0.306 e. The molecule has 0 unspecified atom stereocenters. The van der Waals surface area contributed by atoms with Gasteiger partial charge in [-0.2, -0.15) is 5.10 Å². The van der Waals surface area contributed by atoms with Crippen molar-refractivity contribution in [3.63, 3.8) is 0 Å². The Bertz CT molecular complexity index is 938. The average molecular weight is 418 g/mol. The Morgan fingerprint density at radius 2 is 1.77 bits per heavy atom. The quantitative estimate of drug-likeness (QED) is 0.484. The average Bonchev–Trinajstić information content (AvgIpc) is 2.99. The van der Waals surface area contributed by atoms with Crippen molar-refractivity contribution in [3.05, 3.63) is 40.7 Å². The van der Waals surface area contributed by atoms with Gasteiger partial charge in [0, 0.05) is 24.7 Å². The van der Waals surface area contributed by atoms with E-state index in [2.05, 4.69) is 16.0 Å². The lowest BCUT2D eigenvalue weighted by Crippen LogP contribution is -2.43.